The average Bonchev–Trinajstić information content (AvgIpc) is 2.28. The Morgan fingerprint density at radius 2 is 1.65 bits per heavy atom. The van der Waals surface area contributed by atoms with Crippen molar-refractivity contribution in [3.05, 3.63) is 53.6 Å². The monoisotopic (exact) mass is 222 g/mol. The normalized spacial score (nSPS) is 18.6. The quantitative estimate of drug-likeness (QED) is 0.588. The number of rotatable bonds is 0. The molecule has 86 valence electrons. The van der Waals surface area contributed by atoms with E-state index < -0.39 is 0 Å². The van der Waals surface area contributed by atoms with Crippen LogP contribution in [0.5, 0.6) is 0 Å². The van der Waals surface area contributed by atoms with Crippen molar-refractivity contribution in [2.75, 3.05) is 0 Å². The highest BCUT2D eigenvalue weighted by Crippen LogP contribution is 2.43. The molecule has 0 heteroatoms. The second-order valence-corrected chi connectivity index (χ2v) is 6.00. The van der Waals surface area contributed by atoms with E-state index in [0.717, 1.165) is 0 Å². The van der Waals surface area contributed by atoms with E-state index in [9.17, 15) is 0 Å². The van der Waals surface area contributed by atoms with Crippen LogP contribution in [0.4, 0.5) is 0 Å². The van der Waals surface area contributed by atoms with Crippen LogP contribution in [0.2, 0.25) is 0 Å². The molecular formula is C17H18. The summed E-state index contributed by atoms with van der Waals surface area (Å²) < 4.78 is 0. The maximum absolute atomic E-state index is 2.36. The Labute approximate surface area is 103 Å². The van der Waals surface area contributed by atoms with Crippen molar-refractivity contribution in [2.45, 2.75) is 26.7 Å². The van der Waals surface area contributed by atoms with Crippen molar-refractivity contribution in [1.82, 2.24) is 0 Å². The van der Waals surface area contributed by atoms with Crippen molar-refractivity contribution < 1.29 is 0 Å². The van der Waals surface area contributed by atoms with Crippen LogP contribution in [0.1, 0.15) is 37.8 Å². The summed E-state index contributed by atoms with van der Waals surface area (Å²) in [6, 6.07) is 13.2. The van der Waals surface area contributed by atoms with E-state index >= 15 is 0 Å². The van der Waals surface area contributed by atoms with Gasteiger partial charge in [0.2, 0.25) is 0 Å². The Morgan fingerprint density at radius 3 is 2.35 bits per heavy atom. The predicted octanol–water partition coefficient (Wildman–Crippen LogP) is 5.00. The molecule has 0 nitrogen and oxygen atoms in total. The molecule has 0 saturated heterocycles. The largest absolute Gasteiger partial charge is 0.0758 e. The van der Waals surface area contributed by atoms with E-state index in [-0.39, 0.29) is 5.41 Å². The molecule has 0 aromatic heterocycles. The fourth-order valence-electron chi connectivity index (χ4n) is 2.86. The topological polar surface area (TPSA) is 0 Å². The zero-order valence-corrected chi connectivity index (χ0v) is 10.7. The highest BCUT2D eigenvalue weighted by atomic mass is 14.3. The zero-order chi connectivity index (χ0) is 12.0. The van der Waals surface area contributed by atoms with Crippen molar-refractivity contribution in [1.29, 1.82) is 0 Å². The molecule has 0 fully saturated rings. The third kappa shape index (κ3) is 1.59. The van der Waals surface area contributed by atoms with Crippen LogP contribution in [0.15, 0.2) is 42.5 Å². The van der Waals surface area contributed by atoms with E-state index in [1.807, 2.05) is 0 Å². The minimum absolute atomic E-state index is 0.276. The fourth-order valence-corrected chi connectivity index (χ4v) is 2.86. The molecule has 2 aromatic rings. The lowest BCUT2D eigenvalue weighted by molar-refractivity contribution is 0.368. The summed E-state index contributed by atoms with van der Waals surface area (Å²) in [6.07, 6.45) is 4.64. The van der Waals surface area contributed by atoms with Gasteiger partial charge in [-0.25, -0.2) is 0 Å². The maximum atomic E-state index is 2.36. The first kappa shape index (κ1) is 10.6. The third-order valence-electron chi connectivity index (χ3n) is 3.71. The molecular weight excluding hydrogens is 204 g/mol. The zero-order valence-electron chi connectivity index (χ0n) is 10.7. The van der Waals surface area contributed by atoms with Crippen LogP contribution in [0, 0.1) is 5.41 Å². The molecule has 2 aromatic carbocycles. The Balaban J connectivity index is 2.34. The molecule has 1 atom stereocenters. The van der Waals surface area contributed by atoms with Gasteiger partial charge in [-0.15, -0.1) is 0 Å². The van der Waals surface area contributed by atoms with Crippen LogP contribution in [0.25, 0.3) is 16.8 Å². The minimum Gasteiger partial charge on any atom is -0.0758 e. The van der Waals surface area contributed by atoms with Gasteiger partial charge in [0, 0.05) is 5.92 Å². The van der Waals surface area contributed by atoms with Crippen LogP contribution in [-0.4, -0.2) is 0 Å². The summed E-state index contributed by atoms with van der Waals surface area (Å²) in [5.41, 5.74) is 3.12. The Kier molecular flexibility index (Phi) is 2.16. The summed E-state index contributed by atoms with van der Waals surface area (Å²) in [4.78, 5) is 0. The smallest absolute Gasteiger partial charge is 0.00762 e. The van der Waals surface area contributed by atoms with Gasteiger partial charge in [-0.05, 0) is 27.3 Å². The first-order valence-electron chi connectivity index (χ1n) is 6.27. The molecule has 0 N–H and O–H groups in total. The van der Waals surface area contributed by atoms with Gasteiger partial charge in [0.1, 0.15) is 0 Å². The molecule has 3 rings (SSSR count). The van der Waals surface area contributed by atoms with Crippen LogP contribution in [-0.2, 0) is 0 Å². The number of hydrogen-bond acceptors (Lipinski definition) is 0. The van der Waals surface area contributed by atoms with Gasteiger partial charge in [-0.2, -0.15) is 0 Å². The second-order valence-electron chi connectivity index (χ2n) is 6.00. The first-order chi connectivity index (χ1) is 8.07. The highest BCUT2D eigenvalue weighted by molar-refractivity contribution is 5.95. The van der Waals surface area contributed by atoms with Gasteiger partial charge in [0.25, 0.3) is 0 Å². The van der Waals surface area contributed by atoms with Gasteiger partial charge in [-0.3, -0.25) is 0 Å². The molecule has 17 heavy (non-hydrogen) atoms. The number of benzene rings is 2. The average molecular weight is 222 g/mol. The SMILES string of the molecule is CC(C)(C)C1C=Cc2cccc3cccc1c23. The predicted molar refractivity (Wildman–Crippen MR) is 75.2 cm³/mol. The number of hydrogen-bond donors (Lipinski definition) is 0. The van der Waals surface area contributed by atoms with Crippen molar-refractivity contribution >= 4 is 16.8 Å². The molecule has 0 amide bonds. The lowest BCUT2D eigenvalue weighted by atomic mass is 9.72. The lowest BCUT2D eigenvalue weighted by Crippen LogP contribution is -2.18. The van der Waals surface area contributed by atoms with Gasteiger partial charge in [0.05, 0.1) is 0 Å². The highest BCUT2D eigenvalue weighted by Gasteiger charge is 2.27. The number of allylic oxidation sites excluding steroid dienone is 1. The molecule has 1 aliphatic carbocycles. The van der Waals surface area contributed by atoms with Gasteiger partial charge in [-0.1, -0.05) is 69.3 Å². The lowest BCUT2D eigenvalue weighted by Gasteiger charge is -2.32. The Bertz CT molecular complexity index is 592. The molecule has 0 aliphatic heterocycles. The maximum Gasteiger partial charge on any atom is 0.00762 e. The van der Waals surface area contributed by atoms with E-state index in [0.29, 0.717) is 5.92 Å². The van der Waals surface area contributed by atoms with E-state index in [4.69, 9.17) is 0 Å². The molecule has 0 heterocycles. The summed E-state index contributed by atoms with van der Waals surface area (Å²) in [6.45, 7) is 6.94. The van der Waals surface area contributed by atoms with E-state index in [2.05, 4.69) is 69.3 Å². The molecule has 0 spiro atoms. The van der Waals surface area contributed by atoms with E-state index in [1.165, 1.54) is 21.9 Å². The van der Waals surface area contributed by atoms with Crippen molar-refractivity contribution in [3.63, 3.8) is 0 Å². The first-order valence-corrected chi connectivity index (χ1v) is 6.27. The summed E-state index contributed by atoms with van der Waals surface area (Å²) >= 11 is 0. The van der Waals surface area contributed by atoms with Crippen molar-refractivity contribution in [3.8, 4) is 0 Å². The van der Waals surface area contributed by atoms with Gasteiger partial charge >= 0.3 is 0 Å². The molecule has 0 bridgehead atoms. The van der Waals surface area contributed by atoms with Gasteiger partial charge < -0.3 is 0 Å². The van der Waals surface area contributed by atoms with Crippen LogP contribution in [0.3, 0.4) is 0 Å². The van der Waals surface area contributed by atoms with Gasteiger partial charge in [0.15, 0.2) is 0 Å². The molecule has 0 saturated carbocycles. The summed E-state index contributed by atoms with van der Waals surface area (Å²) in [7, 11) is 0. The van der Waals surface area contributed by atoms with Crippen LogP contribution < -0.4 is 0 Å². The second kappa shape index (κ2) is 3.46. The van der Waals surface area contributed by atoms with Crippen molar-refractivity contribution in [2.24, 2.45) is 5.41 Å². The third-order valence-corrected chi connectivity index (χ3v) is 3.71. The minimum atomic E-state index is 0.276. The summed E-state index contributed by atoms with van der Waals surface area (Å²) in [5.74, 6) is 0.515. The van der Waals surface area contributed by atoms with E-state index in [1.54, 1.807) is 0 Å². The van der Waals surface area contributed by atoms with Crippen LogP contribution >= 0.6 is 0 Å². The standard InChI is InChI=1S/C17H18/c1-17(2,3)15-11-10-13-7-4-6-12-8-5-9-14(15)16(12)13/h4-11,15H,1-3H3. The molecule has 1 aliphatic rings. The summed E-state index contributed by atoms with van der Waals surface area (Å²) in [5, 5.41) is 2.80. The molecule has 0 radical (unpaired) electrons. The molecule has 1 unspecified atom stereocenters. The Hall–Kier alpha value is -1.56. The fraction of sp³-hybridized carbons (Fsp3) is 0.294. The Morgan fingerprint density at radius 1 is 0.941 bits per heavy atom.